The number of ether oxygens (including phenoxy) is 5. The van der Waals surface area contributed by atoms with E-state index in [1.165, 1.54) is 22.1 Å². The lowest BCUT2D eigenvalue weighted by Gasteiger charge is -2.35. The first kappa shape index (κ1) is 47.4. The molecule has 2 aliphatic rings. The molecule has 2 fully saturated rings. The van der Waals surface area contributed by atoms with Crippen molar-refractivity contribution >= 4 is 33.9 Å². The number of piperazine rings is 1. The second kappa shape index (κ2) is 23.6. The zero-order valence-corrected chi connectivity index (χ0v) is 37.3. The summed E-state index contributed by atoms with van der Waals surface area (Å²) in [4.78, 5) is 47.2. The predicted molar refractivity (Wildman–Crippen MR) is 247 cm³/mol. The molecular weight excluding hydrogens is 838 g/mol. The monoisotopic (exact) mass is 897 g/mol. The molecule has 4 heterocycles. The minimum Gasteiger partial charge on any atom is -0.392 e. The molecule has 0 unspecified atom stereocenters. The summed E-state index contributed by atoms with van der Waals surface area (Å²) < 4.78 is 45.9. The van der Waals surface area contributed by atoms with Crippen molar-refractivity contribution in [3.8, 4) is 16.8 Å². The number of aliphatic hydroxyl groups is 1. The Morgan fingerprint density at radius 2 is 1.51 bits per heavy atom. The lowest BCUT2D eigenvalue weighted by atomic mass is 9.98. The number of hydrogen-bond acceptors (Lipinski definition) is 13. The summed E-state index contributed by atoms with van der Waals surface area (Å²) in [6.45, 7) is 10.8. The Morgan fingerprint density at radius 3 is 2.14 bits per heavy atom. The van der Waals surface area contributed by atoms with Gasteiger partial charge in [0.15, 0.2) is 0 Å². The number of pyridine rings is 3. The third kappa shape index (κ3) is 13.1. The average molecular weight is 898 g/mol. The van der Waals surface area contributed by atoms with Crippen LogP contribution in [-0.2, 0) is 42.1 Å². The molecule has 0 radical (unpaired) electrons. The first-order valence-electron chi connectivity index (χ1n) is 22.3. The van der Waals surface area contributed by atoms with Gasteiger partial charge in [-0.15, -0.1) is 0 Å². The second-order valence-electron chi connectivity index (χ2n) is 16.2. The summed E-state index contributed by atoms with van der Waals surface area (Å²) >= 11 is 0. The van der Waals surface area contributed by atoms with Crippen LogP contribution in [0.15, 0.2) is 82.8 Å². The summed E-state index contributed by atoms with van der Waals surface area (Å²) in [5.74, 6) is 0.230. The average Bonchev–Trinajstić information content (AvgIpc) is 4.16. The van der Waals surface area contributed by atoms with Crippen LogP contribution in [0.3, 0.4) is 0 Å². The van der Waals surface area contributed by atoms with Gasteiger partial charge in [-0.2, -0.15) is 0 Å². The molecule has 1 aliphatic carbocycles. The van der Waals surface area contributed by atoms with Crippen molar-refractivity contribution in [2.24, 2.45) is 7.05 Å². The van der Waals surface area contributed by atoms with E-state index in [-0.39, 0.29) is 16.9 Å². The standard InChI is InChI=1S/C48H60FN7O9/c1-34(58)50-11-18-61-20-22-63-24-26-65-27-25-64-23-21-62-19-17-54-13-15-55(16-14-54)39-8-9-45(51-31-39)52-43-30-38(32-53(2)47(43)59)40-4-3-5-44(41(40)33-57)56-12-10-36-28-37(35-6-7-35)29-42(49)46(36)48(56)60/h3-5,8-10,12,28-32,35,57H,6-7,11,13-27,33H2,1-2H3,(H,50,58)(H,51,52). The van der Waals surface area contributed by atoms with Crippen LogP contribution in [0.2, 0.25) is 0 Å². The van der Waals surface area contributed by atoms with Crippen molar-refractivity contribution in [1.82, 2.24) is 24.3 Å². The van der Waals surface area contributed by atoms with Crippen LogP contribution in [0, 0.1) is 5.82 Å². The lowest BCUT2D eigenvalue weighted by Crippen LogP contribution is -2.47. The van der Waals surface area contributed by atoms with Crippen molar-refractivity contribution in [2.45, 2.75) is 32.3 Å². The zero-order chi connectivity index (χ0) is 45.5. The fourth-order valence-electron chi connectivity index (χ4n) is 7.87. The zero-order valence-electron chi connectivity index (χ0n) is 37.3. The quantitative estimate of drug-likeness (QED) is 0.0708. The maximum atomic E-state index is 15.4. The number of amides is 1. The minimum atomic E-state index is -0.546. The van der Waals surface area contributed by atoms with Crippen molar-refractivity contribution < 1.29 is 38.0 Å². The maximum absolute atomic E-state index is 15.4. The molecule has 1 saturated carbocycles. The van der Waals surface area contributed by atoms with E-state index in [1.54, 1.807) is 49.9 Å². The molecule has 348 valence electrons. The van der Waals surface area contributed by atoms with Crippen molar-refractivity contribution in [3.05, 3.63) is 111 Å². The number of aliphatic hydroxyl groups excluding tert-OH is 1. The number of rotatable bonds is 25. The minimum absolute atomic E-state index is 0.00987. The first-order valence-corrected chi connectivity index (χ1v) is 22.3. The van der Waals surface area contributed by atoms with Crippen molar-refractivity contribution in [2.75, 3.05) is 116 Å². The van der Waals surface area contributed by atoms with E-state index in [2.05, 4.69) is 25.4 Å². The molecule has 0 atom stereocenters. The topological polar surface area (TPSA) is 171 Å². The molecule has 3 N–H and O–H groups in total. The van der Waals surface area contributed by atoms with Gasteiger partial charge in [0, 0.05) is 76.8 Å². The smallest absolute Gasteiger partial charge is 0.274 e. The van der Waals surface area contributed by atoms with E-state index in [1.807, 2.05) is 24.3 Å². The summed E-state index contributed by atoms with van der Waals surface area (Å²) in [6, 6.07) is 16.0. The van der Waals surface area contributed by atoms with Gasteiger partial charge in [-0.1, -0.05) is 18.2 Å². The van der Waals surface area contributed by atoms with E-state index in [9.17, 15) is 19.5 Å². The molecule has 0 spiro atoms. The fraction of sp³-hybridized carbons (Fsp3) is 0.458. The Balaban J connectivity index is 0.834. The summed E-state index contributed by atoms with van der Waals surface area (Å²) in [6.07, 6.45) is 7.16. The van der Waals surface area contributed by atoms with E-state index in [0.717, 1.165) is 56.8 Å². The lowest BCUT2D eigenvalue weighted by molar-refractivity contribution is -0.119. The Labute approximate surface area is 377 Å². The highest BCUT2D eigenvalue weighted by molar-refractivity contribution is 5.84. The van der Waals surface area contributed by atoms with Gasteiger partial charge >= 0.3 is 0 Å². The van der Waals surface area contributed by atoms with E-state index in [4.69, 9.17) is 23.7 Å². The van der Waals surface area contributed by atoms with Gasteiger partial charge in [0.25, 0.3) is 11.1 Å². The molecular formula is C48H60FN7O9. The van der Waals surface area contributed by atoms with E-state index in [0.29, 0.717) is 118 Å². The van der Waals surface area contributed by atoms with Crippen LogP contribution in [0.4, 0.5) is 21.6 Å². The van der Waals surface area contributed by atoms with Crippen LogP contribution in [0.1, 0.15) is 36.8 Å². The van der Waals surface area contributed by atoms with Crippen molar-refractivity contribution in [1.29, 1.82) is 0 Å². The summed E-state index contributed by atoms with van der Waals surface area (Å²) in [5.41, 5.74) is 3.57. The van der Waals surface area contributed by atoms with E-state index >= 15 is 4.39 Å². The number of hydrogen-bond donors (Lipinski definition) is 3. The van der Waals surface area contributed by atoms with Crippen LogP contribution in [0.5, 0.6) is 0 Å². The molecule has 1 amide bonds. The molecule has 3 aromatic heterocycles. The number of carbonyl (C=O) groups is 1. The second-order valence-corrected chi connectivity index (χ2v) is 16.2. The molecule has 7 rings (SSSR count). The number of aryl methyl sites for hydroxylation is 1. The van der Waals surface area contributed by atoms with Crippen LogP contribution in [0.25, 0.3) is 27.6 Å². The Hall–Kier alpha value is -5.53. The van der Waals surface area contributed by atoms with Gasteiger partial charge in [-0.05, 0) is 71.7 Å². The molecule has 17 heteroatoms. The van der Waals surface area contributed by atoms with Gasteiger partial charge in [0.2, 0.25) is 5.91 Å². The molecule has 1 aliphatic heterocycles. The number of benzene rings is 2. The molecule has 65 heavy (non-hydrogen) atoms. The highest BCUT2D eigenvalue weighted by Gasteiger charge is 2.26. The summed E-state index contributed by atoms with van der Waals surface area (Å²) in [7, 11) is 1.66. The molecule has 0 bridgehead atoms. The molecule has 1 saturated heterocycles. The Kier molecular flexibility index (Phi) is 17.2. The highest BCUT2D eigenvalue weighted by Crippen LogP contribution is 2.41. The number of anilines is 3. The number of carbonyl (C=O) groups excluding carboxylic acids is 1. The van der Waals surface area contributed by atoms with Gasteiger partial charge in [0.1, 0.15) is 17.3 Å². The predicted octanol–water partition coefficient (Wildman–Crippen LogP) is 4.34. The normalized spacial score (nSPS) is 14.3. The van der Waals surface area contributed by atoms with Crippen LogP contribution in [-0.4, -0.2) is 135 Å². The summed E-state index contributed by atoms with van der Waals surface area (Å²) in [5, 5.41) is 17.1. The van der Waals surface area contributed by atoms with Crippen LogP contribution < -0.4 is 26.7 Å². The number of fused-ring (bicyclic) bond motifs is 1. The van der Waals surface area contributed by atoms with Gasteiger partial charge < -0.3 is 48.9 Å². The Bertz CT molecular complexity index is 2470. The Morgan fingerprint density at radius 1 is 0.831 bits per heavy atom. The molecule has 2 aromatic carbocycles. The fourth-order valence-corrected chi connectivity index (χ4v) is 7.87. The number of halogens is 1. The first-order chi connectivity index (χ1) is 31.7. The largest absolute Gasteiger partial charge is 0.392 e. The number of aromatic nitrogens is 3. The van der Waals surface area contributed by atoms with Gasteiger partial charge in [-0.3, -0.25) is 23.9 Å². The van der Waals surface area contributed by atoms with Crippen LogP contribution >= 0.6 is 0 Å². The third-order valence-electron chi connectivity index (χ3n) is 11.5. The van der Waals surface area contributed by atoms with Crippen molar-refractivity contribution in [3.63, 3.8) is 0 Å². The van der Waals surface area contributed by atoms with Gasteiger partial charge in [-0.25, -0.2) is 9.37 Å². The SMILES string of the molecule is CC(=O)NCCOCCOCCOCCOCCOCCN1CCN(c2ccc(Nc3cc(-c4cccc(-n5ccc6cc(C7CC7)cc(F)c6c5=O)c4CO)cn(C)c3=O)nc2)CC1. The number of nitrogens with one attached hydrogen (secondary N) is 2. The molecule has 5 aromatic rings. The number of nitrogens with zero attached hydrogens (tertiary/aromatic N) is 5. The maximum Gasteiger partial charge on any atom is 0.274 e. The highest BCUT2D eigenvalue weighted by atomic mass is 19.1. The van der Waals surface area contributed by atoms with E-state index < -0.39 is 18.0 Å². The molecule has 16 nitrogen and oxygen atoms in total. The third-order valence-corrected chi connectivity index (χ3v) is 11.5. The van der Waals surface area contributed by atoms with Gasteiger partial charge in [0.05, 0.1) is 95.6 Å².